The lowest BCUT2D eigenvalue weighted by Gasteiger charge is -2.23. The standard InChI is InChI=1S/C21H24F3NO5/c1-13-9-16(30-12-21(22,23)24)4-5-17(13)19-20(26-3)14(2)8-15(25-19)10-29-18-11-27-6-7-28-18/h4-5,8-9,18H,6-7,10-12H2,1-3H3. The molecule has 2 heterocycles. The van der Waals surface area contributed by atoms with E-state index >= 15 is 0 Å². The molecule has 1 fully saturated rings. The number of methoxy groups -OCH3 is 1. The van der Waals surface area contributed by atoms with E-state index in [2.05, 4.69) is 4.98 Å². The van der Waals surface area contributed by atoms with Gasteiger partial charge in [0.1, 0.15) is 17.2 Å². The zero-order valence-electron chi connectivity index (χ0n) is 17.0. The molecule has 1 aliphatic heterocycles. The molecule has 0 saturated carbocycles. The highest BCUT2D eigenvalue weighted by molar-refractivity contribution is 5.72. The lowest BCUT2D eigenvalue weighted by molar-refractivity contribution is -0.216. The average Bonchev–Trinajstić information content (AvgIpc) is 2.71. The summed E-state index contributed by atoms with van der Waals surface area (Å²) in [6.07, 6.45) is -4.84. The quantitative estimate of drug-likeness (QED) is 0.660. The van der Waals surface area contributed by atoms with Crippen LogP contribution in [0.4, 0.5) is 13.2 Å². The van der Waals surface area contributed by atoms with Gasteiger partial charge >= 0.3 is 6.18 Å². The summed E-state index contributed by atoms with van der Waals surface area (Å²) in [6.45, 7) is 3.94. The predicted octanol–water partition coefficient (Wildman–Crippen LogP) is 4.20. The molecule has 0 amide bonds. The summed E-state index contributed by atoms with van der Waals surface area (Å²) in [4.78, 5) is 4.67. The first kappa shape index (κ1) is 22.3. The smallest absolute Gasteiger partial charge is 0.422 e. The molecule has 30 heavy (non-hydrogen) atoms. The van der Waals surface area contributed by atoms with Crippen LogP contribution in [0.2, 0.25) is 0 Å². The topological polar surface area (TPSA) is 59.0 Å². The minimum atomic E-state index is -4.39. The van der Waals surface area contributed by atoms with Gasteiger partial charge in [-0.1, -0.05) is 0 Å². The Kier molecular flexibility index (Phi) is 7.17. The summed E-state index contributed by atoms with van der Waals surface area (Å²) in [5.41, 5.74) is 3.56. The molecule has 0 N–H and O–H groups in total. The number of nitrogens with zero attached hydrogens (tertiary/aromatic N) is 1. The van der Waals surface area contributed by atoms with Gasteiger partial charge in [-0.3, -0.25) is 0 Å². The lowest BCUT2D eigenvalue weighted by Crippen LogP contribution is -2.30. The number of aryl methyl sites for hydroxylation is 2. The average molecular weight is 427 g/mol. The maximum Gasteiger partial charge on any atom is 0.422 e. The van der Waals surface area contributed by atoms with Gasteiger partial charge in [0.05, 0.1) is 39.2 Å². The molecule has 1 atom stereocenters. The van der Waals surface area contributed by atoms with Gasteiger partial charge in [-0.15, -0.1) is 0 Å². The van der Waals surface area contributed by atoms with E-state index in [4.69, 9.17) is 23.7 Å². The van der Waals surface area contributed by atoms with Crippen LogP contribution in [-0.4, -0.2) is 51.0 Å². The van der Waals surface area contributed by atoms with Gasteiger partial charge in [0.2, 0.25) is 0 Å². The Morgan fingerprint density at radius 2 is 1.93 bits per heavy atom. The normalized spacial score (nSPS) is 17.1. The Morgan fingerprint density at radius 1 is 1.13 bits per heavy atom. The molecule has 1 aliphatic rings. The second kappa shape index (κ2) is 9.63. The predicted molar refractivity (Wildman–Crippen MR) is 103 cm³/mol. The van der Waals surface area contributed by atoms with Crippen LogP contribution in [-0.2, 0) is 20.8 Å². The summed E-state index contributed by atoms with van der Waals surface area (Å²) >= 11 is 0. The van der Waals surface area contributed by atoms with E-state index in [0.29, 0.717) is 42.5 Å². The van der Waals surface area contributed by atoms with Gasteiger partial charge in [-0.25, -0.2) is 4.98 Å². The number of rotatable bonds is 7. The molecule has 0 bridgehead atoms. The monoisotopic (exact) mass is 427 g/mol. The molecule has 1 aromatic heterocycles. The highest BCUT2D eigenvalue weighted by atomic mass is 19.4. The van der Waals surface area contributed by atoms with Crippen molar-refractivity contribution in [3.05, 3.63) is 41.1 Å². The molecule has 1 unspecified atom stereocenters. The fourth-order valence-electron chi connectivity index (χ4n) is 3.14. The first-order valence-corrected chi connectivity index (χ1v) is 9.43. The molecule has 1 saturated heterocycles. The van der Waals surface area contributed by atoms with Gasteiger partial charge in [-0.05, 0) is 49.2 Å². The first-order valence-electron chi connectivity index (χ1n) is 9.43. The van der Waals surface area contributed by atoms with Crippen LogP contribution >= 0.6 is 0 Å². The first-order chi connectivity index (χ1) is 14.3. The van der Waals surface area contributed by atoms with E-state index in [1.54, 1.807) is 26.2 Å². The van der Waals surface area contributed by atoms with Crippen molar-refractivity contribution in [3.63, 3.8) is 0 Å². The van der Waals surface area contributed by atoms with Crippen LogP contribution in [0.25, 0.3) is 11.3 Å². The van der Waals surface area contributed by atoms with Crippen LogP contribution in [0.1, 0.15) is 16.8 Å². The third-order valence-corrected chi connectivity index (χ3v) is 4.47. The molecule has 164 valence electrons. The van der Waals surface area contributed by atoms with E-state index < -0.39 is 19.1 Å². The summed E-state index contributed by atoms with van der Waals surface area (Å²) in [5.74, 6) is 0.723. The second-order valence-electron chi connectivity index (χ2n) is 6.88. The highest BCUT2D eigenvalue weighted by Crippen LogP contribution is 2.35. The summed E-state index contributed by atoms with van der Waals surface area (Å²) < 4.78 is 64.1. The Bertz CT molecular complexity index is 866. The summed E-state index contributed by atoms with van der Waals surface area (Å²) in [6, 6.07) is 6.57. The van der Waals surface area contributed by atoms with Crippen molar-refractivity contribution in [3.8, 4) is 22.8 Å². The molecule has 0 aliphatic carbocycles. The van der Waals surface area contributed by atoms with Crippen LogP contribution in [0.5, 0.6) is 11.5 Å². The maximum absolute atomic E-state index is 12.4. The van der Waals surface area contributed by atoms with Crippen molar-refractivity contribution in [2.75, 3.05) is 33.5 Å². The number of ether oxygens (including phenoxy) is 5. The van der Waals surface area contributed by atoms with Gasteiger partial charge in [0, 0.05) is 5.56 Å². The number of benzene rings is 1. The van der Waals surface area contributed by atoms with E-state index in [-0.39, 0.29) is 12.4 Å². The van der Waals surface area contributed by atoms with Gasteiger partial charge in [0.15, 0.2) is 12.9 Å². The molecule has 1 aromatic carbocycles. The number of aromatic nitrogens is 1. The molecule has 9 heteroatoms. The van der Waals surface area contributed by atoms with E-state index in [1.165, 1.54) is 6.07 Å². The molecule has 0 radical (unpaired) electrons. The van der Waals surface area contributed by atoms with E-state index in [0.717, 1.165) is 11.1 Å². The minimum Gasteiger partial charge on any atom is -0.494 e. The van der Waals surface area contributed by atoms with Crippen molar-refractivity contribution in [1.82, 2.24) is 4.98 Å². The largest absolute Gasteiger partial charge is 0.494 e. The Morgan fingerprint density at radius 3 is 2.57 bits per heavy atom. The highest BCUT2D eigenvalue weighted by Gasteiger charge is 2.28. The van der Waals surface area contributed by atoms with Gasteiger partial charge < -0.3 is 23.7 Å². The SMILES string of the molecule is COc1c(C)cc(COC2COCCO2)nc1-c1ccc(OCC(F)(F)F)cc1C. The maximum atomic E-state index is 12.4. The number of hydrogen-bond acceptors (Lipinski definition) is 6. The second-order valence-corrected chi connectivity index (χ2v) is 6.88. The fraction of sp³-hybridized carbons (Fsp3) is 0.476. The summed E-state index contributed by atoms with van der Waals surface area (Å²) in [7, 11) is 1.55. The minimum absolute atomic E-state index is 0.137. The van der Waals surface area contributed by atoms with Crippen LogP contribution in [0.3, 0.4) is 0 Å². The van der Waals surface area contributed by atoms with E-state index in [1.807, 2.05) is 13.0 Å². The fourth-order valence-corrected chi connectivity index (χ4v) is 3.14. The Hall–Kier alpha value is -2.36. The third kappa shape index (κ3) is 5.84. The van der Waals surface area contributed by atoms with Crippen LogP contribution in [0.15, 0.2) is 24.3 Å². The molecule has 0 spiro atoms. The molecule has 3 rings (SSSR count). The number of halogens is 3. The van der Waals surface area contributed by atoms with Crippen molar-refractivity contribution in [2.45, 2.75) is 32.9 Å². The molecular weight excluding hydrogens is 403 g/mol. The number of pyridine rings is 1. The van der Waals surface area contributed by atoms with Crippen molar-refractivity contribution >= 4 is 0 Å². The van der Waals surface area contributed by atoms with Crippen molar-refractivity contribution in [2.24, 2.45) is 0 Å². The lowest BCUT2D eigenvalue weighted by atomic mass is 10.0. The molecular formula is C21H24F3NO5. The number of hydrogen-bond donors (Lipinski definition) is 0. The zero-order valence-corrected chi connectivity index (χ0v) is 17.0. The number of alkyl halides is 3. The van der Waals surface area contributed by atoms with Gasteiger partial charge in [0.25, 0.3) is 0 Å². The van der Waals surface area contributed by atoms with Gasteiger partial charge in [-0.2, -0.15) is 13.2 Å². The summed E-state index contributed by atoms with van der Waals surface area (Å²) in [5, 5.41) is 0. The zero-order chi connectivity index (χ0) is 21.7. The third-order valence-electron chi connectivity index (χ3n) is 4.47. The van der Waals surface area contributed by atoms with Crippen LogP contribution in [0, 0.1) is 13.8 Å². The Balaban J connectivity index is 1.83. The van der Waals surface area contributed by atoms with Crippen molar-refractivity contribution in [1.29, 1.82) is 0 Å². The van der Waals surface area contributed by atoms with Crippen LogP contribution < -0.4 is 9.47 Å². The molecule has 2 aromatic rings. The van der Waals surface area contributed by atoms with E-state index in [9.17, 15) is 13.2 Å². The Labute approximate surface area is 172 Å². The molecule has 6 nitrogen and oxygen atoms in total. The van der Waals surface area contributed by atoms with Crippen molar-refractivity contribution < 1.29 is 36.9 Å².